The van der Waals surface area contributed by atoms with Crippen LogP contribution in [0.25, 0.3) is 11.3 Å². The summed E-state index contributed by atoms with van der Waals surface area (Å²) in [4.78, 5) is 11.1. The Balaban J connectivity index is 2.06. The first-order chi connectivity index (χ1) is 8.75. The Bertz CT molecular complexity index is 604. The number of nitrogens with zero attached hydrogens (tertiary/aromatic N) is 1. The summed E-state index contributed by atoms with van der Waals surface area (Å²) in [5.74, 6) is -0.972. The number of aromatic amines is 1. The summed E-state index contributed by atoms with van der Waals surface area (Å²) >= 11 is 0. The normalized spacial score (nSPS) is 14.2. The third-order valence-electron chi connectivity index (χ3n) is 3.14. The number of aromatic nitrogens is 2. The third-order valence-corrected chi connectivity index (χ3v) is 3.14. The van der Waals surface area contributed by atoms with Gasteiger partial charge in [0.15, 0.2) is 0 Å². The summed E-state index contributed by atoms with van der Waals surface area (Å²) < 4.78 is 5.37. The molecule has 0 unspecified atom stereocenters. The molecule has 0 atom stereocenters. The van der Waals surface area contributed by atoms with Gasteiger partial charge in [-0.3, -0.25) is 5.10 Å². The number of rotatable bonds is 2. The van der Waals surface area contributed by atoms with Crippen molar-refractivity contribution in [1.29, 1.82) is 0 Å². The lowest BCUT2D eigenvalue weighted by Gasteiger charge is -2.17. The molecule has 5 heteroatoms. The molecule has 0 amide bonds. The molecule has 0 saturated heterocycles. The molecule has 3 rings (SSSR count). The minimum Gasteiger partial charge on any atom is -0.478 e. The molecule has 2 N–H and O–H groups in total. The zero-order chi connectivity index (χ0) is 12.5. The van der Waals surface area contributed by atoms with E-state index in [1.54, 1.807) is 0 Å². The molecule has 0 radical (unpaired) electrons. The van der Waals surface area contributed by atoms with Gasteiger partial charge in [-0.25, -0.2) is 4.79 Å². The molecule has 1 aliphatic rings. The van der Waals surface area contributed by atoms with Crippen LogP contribution in [0, 0.1) is 0 Å². The van der Waals surface area contributed by atoms with Crippen molar-refractivity contribution in [2.45, 2.75) is 13.0 Å². The Kier molecular flexibility index (Phi) is 2.60. The van der Waals surface area contributed by atoms with Crippen LogP contribution >= 0.6 is 0 Å². The van der Waals surface area contributed by atoms with Crippen molar-refractivity contribution in [1.82, 2.24) is 10.2 Å². The lowest BCUT2D eigenvalue weighted by Crippen LogP contribution is -2.09. The van der Waals surface area contributed by atoms with Crippen LogP contribution in [0.3, 0.4) is 0 Å². The minimum absolute atomic E-state index is 0.196. The van der Waals surface area contributed by atoms with E-state index in [0.29, 0.717) is 18.9 Å². The van der Waals surface area contributed by atoms with E-state index in [4.69, 9.17) is 9.84 Å². The molecule has 1 aromatic heterocycles. The van der Waals surface area contributed by atoms with Crippen molar-refractivity contribution >= 4 is 5.97 Å². The highest BCUT2D eigenvalue weighted by Crippen LogP contribution is 2.26. The molecule has 18 heavy (non-hydrogen) atoms. The van der Waals surface area contributed by atoms with Gasteiger partial charge in [0.2, 0.25) is 0 Å². The van der Waals surface area contributed by atoms with Crippen LogP contribution in [0.15, 0.2) is 24.4 Å². The van der Waals surface area contributed by atoms with Crippen LogP contribution in [0.2, 0.25) is 0 Å². The van der Waals surface area contributed by atoms with E-state index in [2.05, 4.69) is 10.2 Å². The van der Waals surface area contributed by atoms with Gasteiger partial charge in [-0.15, -0.1) is 0 Å². The molecule has 0 aliphatic carbocycles. The largest absolute Gasteiger partial charge is 0.478 e. The molecular weight excluding hydrogens is 232 g/mol. The van der Waals surface area contributed by atoms with Crippen LogP contribution in [0.5, 0.6) is 0 Å². The smallest absolute Gasteiger partial charge is 0.339 e. The van der Waals surface area contributed by atoms with E-state index in [9.17, 15) is 4.79 Å². The molecule has 0 spiro atoms. The summed E-state index contributed by atoms with van der Waals surface area (Å²) in [7, 11) is 0. The number of aromatic carboxylic acids is 1. The molecule has 0 bridgehead atoms. The molecular formula is C13H12N2O3. The fourth-order valence-electron chi connectivity index (χ4n) is 2.19. The van der Waals surface area contributed by atoms with E-state index < -0.39 is 5.97 Å². The van der Waals surface area contributed by atoms with Gasteiger partial charge in [-0.1, -0.05) is 12.1 Å². The number of benzene rings is 1. The highest BCUT2D eigenvalue weighted by molar-refractivity contribution is 5.94. The second kappa shape index (κ2) is 4.27. The van der Waals surface area contributed by atoms with Crippen molar-refractivity contribution in [3.05, 3.63) is 41.1 Å². The van der Waals surface area contributed by atoms with Gasteiger partial charge in [0.05, 0.1) is 25.1 Å². The van der Waals surface area contributed by atoms with Gasteiger partial charge < -0.3 is 9.84 Å². The summed E-state index contributed by atoms with van der Waals surface area (Å²) in [5.41, 5.74) is 3.98. The van der Waals surface area contributed by atoms with Crippen molar-refractivity contribution < 1.29 is 14.6 Å². The van der Waals surface area contributed by atoms with E-state index in [1.807, 2.05) is 18.2 Å². The maximum Gasteiger partial charge on any atom is 0.339 e. The monoisotopic (exact) mass is 244 g/mol. The molecule has 0 saturated carbocycles. The third kappa shape index (κ3) is 1.78. The fourth-order valence-corrected chi connectivity index (χ4v) is 2.19. The second-order valence-corrected chi connectivity index (χ2v) is 4.25. The first-order valence-corrected chi connectivity index (χ1v) is 5.72. The molecule has 5 nitrogen and oxygen atoms in total. The SMILES string of the molecule is O=C(O)c1cn[nH]c1-c1ccc2c(c1)CCOC2. The van der Waals surface area contributed by atoms with Crippen LogP contribution in [-0.4, -0.2) is 27.9 Å². The number of hydrogen-bond donors (Lipinski definition) is 2. The number of hydrogen-bond acceptors (Lipinski definition) is 3. The highest BCUT2D eigenvalue weighted by Gasteiger charge is 2.16. The number of carboxylic acid groups (broad SMARTS) is 1. The average Bonchev–Trinajstić information content (AvgIpc) is 2.87. The van der Waals surface area contributed by atoms with Crippen LogP contribution in [0.1, 0.15) is 21.5 Å². The summed E-state index contributed by atoms with van der Waals surface area (Å²) in [5, 5.41) is 15.6. The van der Waals surface area contributed by atoms with Crippen LogP contribution < -0.4 is 0 Å². The predicted molar refractivity (Wildman–Crippen MR) is 64.3 cm³/mol. The van der Waals surface area contributed by atoms with Gasteiger partial charge in [0.1, 0.15) is 5.56 Å². The highest BCUT2D eigenvalue weighted by atomic mass is 16.5. The molecule has 92 valence electrons. The van der Waals surface area contributed by atoms with E-state index in [-0.39, 0.29) is 5.56 Å². The van der Waals surface area contributed by atoms with E-state index in [0.717, 1.165) is 12.0 Å². The van der Waals surface area contributed by atoms with Crippen molar-refractivity contribution in [3.63, 3.8) is 0 Å². The summed E-state index contributed by atoms with van der Waals surface area (Å²) in [6.45, 7) is 1.34. The molecule has 1 aliphatic heterocycles. The van der Waals surface area contributed by atoms with E-state index >= 15 is 0 Å². The lowest BCUT2D eigenvalue weighted by molar-refractivity contribution is 0.0698. The predicted octanol–water partition coefficient (Wildman–Crippen LogP) is 1.85. The van der Waals surface area contributed by atoms with Gasteiger partial charge in [0.25, 0.3) is 0 Å². The topological polar surface area (TPSA) is 75.2 Å². The fraction of sp³-hybridized carbons (Fsp3) is 0.231. The summed E-state index contributed by atoms with van der Waals surface area (Å²) in [6, 6.07) is 5.89. The Morgan fingerprint density at radius 3 is 3.11 bits per heavy atom. The zero-order valence-corrected chi connectivity index (χ0v) is 9.64. The Labute approximate surface area is 103 Å². The number of carbonyl (C=O) groups is 1. The minimum atomic E-state index is -0.972. The Morgan fingerprint density at radius 2 is 2.28 bits per heavy atom. The van der Waals surface area contributed by atoms with Gasteiger partial charge >= 0.3 is 5.97 Å². The standard InChI is InChI=1S/C13H12N2O3/c16-13(17)11-6-14-15-12(11)9-1-2-10-7-18-4-3-8(10)5-9/h1-2,5-6H,3-4,7H2,(H,14,15)(H,16,17). The first-order valence-electron chi connectivity index (χ1n) is 5.72. The quantitative estimate of drug-likeness (QED) is 0.845. The number of carboxylic acids is 1. The Morgan fingerprint density at radius 1 is 1.39 bits per heavy atom. The zero-order valence-electron chi connectivity index (χ0n) is 9.64. The number of H-pyrrole nitrogens is 1. The number of ether oxygens (including phenoxy) is 1. The maximum atomic E-state index is 11.1. The second-order valence-electron chi connectivity index (χ2n) is 4.25. The van der Waals surface area contributed by atoms with Crippen molar-refractivity contribution in [3.8, 4) is 11.3 Å². The van der Waals surface area contributed by atoms with Crippen LogP contribution in [0.4, 0.5) is 0 Å². The average molecular weight is 244 g/mol. The van der Waals surface area contributed by atoms with Gasteiger partial charge in [-0.05, 0) is 23.6 Å². The first kappa shape index (κ1) is 11.0. The summed E-state index contributed by atoms with van der Waals surface area (Å²) in [6.07, 6.45) is 2.19. The Hall–Kier alpha value is -2.14. The van der Waals surface area contributed by atoms with Gasteiger partial charge in [0, 0.05) is 5.56 Å². The maximum absolute atomic E-state index is 11.1. The van der Waals surface area contributed by atoms with Crippen molar-refractivity contribution in [2.75, 3.05) is 6.61 Å². The molecule has 2 heterocycles. The molecule has 0 fully saturated rings. The molecule has 2 aromatic rings. The molecule has 1 aromatic carbocycles. The van der Waals surface area contributed by atoms with Gasteiger partial charge in [-0.2, -0.15) is 5.10 Å². The van der Waals surface area contributed by atoms with E-state index in [1.165, 1.54) is 17.3 Å². The number of fused-ring (bicyclic) bond motifs is 1. The van der Waals surface area contributed by atoms with Crippen LogP contribution in [-0.2, 0) is 17.8 Å². The van der Waals surface area contributed by atoms with Crippen molar-refractivity contribution in [2.24, 2.45) is 0 Å². The lowest BCUT2D eigenvalue weighted by atomic mass is 9.98. The number of nitrogens with one attached hydrogen (secondary N) is 1.